The van der Waals surface area contributed by atoms with Gasteiger partial charge in [-0.1, -0.05) is 0 Å². The molecule has 2 rings (SSSR count). The minimum absolute atomic E-state index is 0.0653. The number of hydrogen-bond donors (Lipinski definition) is 1. The first kappa shape index (κ1) is 16.5. The van der Waals surface area contributed by atoms with E-state index in [1.54, 1.807) is 0 Å². The minimum Gasteiger partial charge on any atom is -0.454 e. The zero-order valence-electron chi connectivity index (χ0n) is 10.3. The number of benzene rings is 1. The fourth-order valence-corrected chi connectivity index (χ4v) is 1.62. The van der Waals surface area contributed by atoms with E-state index in [0.717, 1.165) is 12.1 Å². The van der Waals surface area contributed by atoms with Crippen LogP contribution in [0.3, 0.4) is 0 Å². The van der Waals surface area contributed by atoms with Gasteiger partial charge in [0.05, 0.1) is 0 Å². The van der Waals surface area contributed by atoms with Gasteiger partial charge in [-0.05, 0) is 23.7 Å². The summed E-state index contributed by atoms with van der Waals surface area (Å²) in [6, 6.07) is 3.26. The number of fused-ring (bicyclic) bond motifs is 1. The first-order chi connectivity index (χ1) is 9.97. The highest BCUT2D eigenvalue weighted by molar-refractivity contribution is 6.22. The number of carbonyl (C=O) groups excluding carboxylic acids is 1. The van der Waals surface area contributed by atoms with Gasteiger partial charge >= 0.3 is 23.1 Å². The molecule has 0 saturated heterocycles. The summed E-state index contributed by atoms with van der Waals surface area (Å²) in [6.45, 7) is -0.153. The quantitative estimate of drug-likeness (QED) is 0.669. The van der Waals surface area contributed by atoms with Crippen molar-refractivity contribution in [3.05, 3.63) is 18.2 Å². The number of hydrogen-bond acceptors (Lipinski definition) is 3. The normalized spacial score (nSPS) is 14.9. The highest BCUT2D eigenvalue weighted by Crippen LogP contribution is 2.48. The molecule has 0 atom stereocenters. The van der Waals surface area contributed by atoms with Crippen LogP contribution in [-0.4, -0.2) is 29.9 Å². The number of carbonyl (C=O) groups is 1. The lowest BCUT2D eigenvalue weighted by Crippen LogP contribution is -2.57. The summed E-state index contributed by atoms with van der Waals surface area (Å²) in [5, 5.41) is -4.21. The number of anilines is 1. The molecule has 1 amide bonds. The molecule has 4 nitrogen and oxygen atoms in total. The molecule has 0 saturated carbocycles. The van der Waals surface area contributed by atoms with Gasteiger partial charge in [-0.15, -0.1) is 0 Å². The summed E-state index contributed by atoms with van der Waals surface area (Å²) < 4.78 is 87.0. The highest BCUT2D eigenvalue weighted by Gasteiger charge is 2.74. The second kappa shape index (κ2) is 5.11. The van der Waals surface area contributed by atoms with Gasteiger partial charge in [0.25, 0.3) is 0 Å². The highest BCUT2D eigenvalue weighted by atomic mass is 35.5. The third-order valence-corrected chi connectivity index (χ3v) is 2.90. The predicted octanol–water partition coefficient (Wildman–Crippen LogP) is 3.46. The van der Waals surface area contributed by atoms with Gasteiger partial charge in [-0.25, -0.2) is 0 Å². The van der Waals surface area contributed by atoms with Gasteiger partial charge in [-0.2, -0.15) is 26.3 Å². The van der Waals surface area contributed by atoms with Gasteiger partial charge in [0.15, 0.2) is 11.5 Å². The summed E-state index contributed by atoms with van der Waals surface area (Å²) in [5.74, 6) is -14.2. The van der Waals surface area contributed by atoms with E-state index in [1.807, 2.05) is 0 Å². The Bertz CT molecular complexity index is 604. The van der Waals surface area contributed by atoms with Crippen molar-refractivity contribution in [2.45, 2.75) is 17.2 Å². The minimum atomic E-state index is -6.08. The van der Waals surface area contributed by atoms with Crippen LogP contribution in [0.4, 0.5) is 32.0 Å². The molecule has 1 aliphatic heterocycles. The standard InChI is InChI=1S/C11H6ClF6NO3/c12-11(17,18)10(15,16)9(13,14)8(20)19-5-1-2-6-7(3-5)22-4-21-6/h1-3H,4H2,(H,19,20). The lowest BCUT2D eigenvalue weighted by Gasteiger charge is -2.28. The summed E-state index contributed by atoms with van der Waals surface area (Å²) >= 11 is 3.95. The molecule has 0 fully saturated rings. The maximum absolute atomic E-state index is 13.3. The topological polar surface area (TPSA) is 47.6 Å². The first-order valence-electron chi connectivity index (χ1n) is 5.50. The largest absolute Gasteiger partial charge is 0.454 e. The van der Waals surface area contributed by atoms with Crippen LogP contribution in [-0.2, 0) is 4.79 Å². The second-order valence-corrected chi connectivity index (χ2v) is 4.64. The fourth-order valence-electron chi connectivity index (χ4n) is 1.50. The number of halogens is 7. The molecular formula is C11H6ClF6NO3. The molecule has 1 aliphatic rings. The summed E-state index contributed by atoms with van der Waals surface area (Å²) in [4.78, 5) is 11.2. The molecule has 1 heterocycles. The molecular weight excluding hydrogens is 344 g/mol. The molecule has 22 heavy (non-hydrogen) atoms. The SMILES string of the molecule is O=C(Nc1ccc2c(c1)OCO2)C(F)(F)C(F)(F)C(F)(F)Cl. The lowest BCUT2D eigenvalue weighted by molar-refractivity contribution is -0.266. The smallest absolute Gasteiger partial charge is 0.395 e. The average Bonchev–Trinajstić information content (AvgIpc) is 2.84. The number of alkyl halides is 7. The second-order valence-electron chi connectivity index (χ2n) is 4.17. The van der Waals surface area contributed by atoms with Crippen LogP contribution >= 0.6 is 11.6 Å². The van der Waals surface area contributed by atoms with Gasteiger partial charge < -0.3 is 14.8 Å². The van der Waals surface area contributed by atoms with E-state index in [4.69, 9.17) is 9.47 Å². The predicted molar refractivity (Wildman–Crippen MR) is 61.9 cm³/mol. The molecule has 0 bridgehead atoms. The Labute approximate surface area is 123 Å². The Kier molecular flexibility index (Phi) is 3.84. The van der Waals surface area contributed by atoms with Crippen LogP contribution < -0.4 is 14.8 Å². The first-order valence-corrected chi connectivity index (χ1v) is 5.88. The van der Waals surface area contributed by atoms with Crippen LogP contribution in [0.5, 0.6) is 11.5 Å². The lowest BCUT2D eigenvalue weighted by atomic mass is 10.1. The maximum Gasteiger partial charge on any atom is 0.395 e. The Balaban J connectivity index is 2.21. The molecule has 0 spiro atoms. The van der Waals surface area contributed by atoms with E-state index in [1.165, 1.54) is 11.4 Å². The van der Waals surface area contributed by atoms with Crippen LogP contribution in [0.1, 0.15) is 0 Å². The monoisotopic (exact) mass is 349 g/mol. The zero-order chi connectivity index (χ0) is 16.8. The Morgan fingerprint density at radius 2 is 1.68 bits per heavy atom. The number of ether oxygens (including phenoxy) is 2. The fraction of sp³-hybridized carbons (Fsp3) is 0.364. The van der Waals surface area contributed by atoms with Crippen molar-refractivity contribution in [1.29, 1.82) is 0 Å². The van der Waals surface area contributed by atoms with Crippen molar-refractivity contribution in [3.8, 4) is 11.5 Å². The Hall–Kier alpha value is -1.84. The van der Waals surface area contributed by atoms with Gasteiger partial charge in [0.2, 0.25) is 6.79 Å². The number of rotatable bonds is 4. The van der Waals surface area contributed by atoms with Crippen LogP contribution in [0.2, 0.25) is 0 Å². The van der Waals surface area contributed by atoms with E-state index in [2.05, 4.69) is 11.6 Å². The summed E-state index contributed by atoms with van der Waals surface area (Å²) in [6.07, 6.45) is 0. The third kappa shape index (κ3) is 2.62. The molecule has 1 aromatic rings. The van der Waals surface area contributed by atoms with Crippen LogP contribution in [0.15, 0.2) is 18.2 Å². The average molecular weight is 350 g/mol. The van der Waals surface area contributed by atoms with E-state index in [0.29, 0.717) is 0 Å². The maximum atomic E-state index is 13.3. The molecule has 0 aliphatic carbocycles. The molecule has 1 N–H and O–H groups in total. The number of amides is 1. The van der Waals surface area contributed by atoms with Crippen molar-refractivity contribution < 1.29 is 40.6 Å². The van der Waals surface area contributed by atoms with Crippen molar-refractivity contribution in [1.82, 2.24) is 0 Å². The third-order valence-electron chi connectivity index (χ3n) is 2.67. The van der Waals surface area contributed by atoms with Crippen LogP contribution in [0.25, 0.3) is 0 Å². The van der Waals surface area contributed by atoms with Crippen LogP contribution in [0, 0.1) is 0 Å². The van der Waals surface area contributed by atoms with Gasteiger partial charge in [-0.3, -0.25) is 4.79 Å². The molecule has 0 radical (unpaired) electrons. The van der Waals surface area contributed by atoms with Crippen molar-refractivity contribution >= 4 is 23.2 Å². The van der Waals surface area contributed by atoms with Gasteiger partial charge in [0, 0.05) is 11.8 Å². The van der Waals surface area contributed by atoms with E-state index in [9.17, 15) is 31.1 Å². The zero-order valence-corrected chi connectivity index (χ0v) is 11.1. The molecule has 1 aromatic carbocycles. The Morgan fingerprint density at radius 1 is 1.09 bits per heavy atom. The summed E-state index contributed by atoms with van der Waals surface area (Å²) in [7, 11) is 0. The number of nitrogens with one attached hydrogen (secondary N) is 1. The van der Waals surface area contributed by atoms with E-state index < -0.39 is 23.1 Å². The van der Waals surface area contributed by atoms with Crippen molar-refractivity contribution in [2.75, 3.05) is 12.1 Å². The Morgan fingerprint density at radius 3 is 2.27 bits per heavy atom. The molecule has 122 valence electrons. The van der Waals surface area contributed by atoms with E-state index >= 15 is 0 Å². The molecule has 0 unspecified atom stereocenters. The van der Waals surface area contributed by atoms with E-state index in [-0.39, 0.29) is 24.0 Å². The molecule has 11 heteroatoms. The molecule has 0 aromatic heterocycles. The van der Waals surface area contributed by atoms with Crippen molar-refractivity contribution in [3.63, 3.8) is 0 Å². The van der Waals surface area contributed by atoms with Gasteiger partial charge in [0.1, 0.15) is 0 Å². The summed E-state index contributed by atoms with van der Waals surface area (Å²) in [5.41, 5.74) is -0.373. The van der Waals surface area contributed by atoms with Crippen molar-refractivity contribution in [2.24, 2.45) is 0 Å².